The van der Waals surface area contributed by atoms with E-state index >= 15 is 0 Å². The number of rotatable bonds is 4. The van der Waals surface area contributed by atoms with Gasteiger partial charge in [0.2, 0.25) is 0 Å². The molecule has 0 aliphatic rings. The van der Waals surface area contributed by atoms with Gasteiger partial charge in [0.15, 0.2) is 0 Å². The average Bonchev–Trinajstić information content (AvgIpc) is 2.59. The molecule has 6 heteroatoms. The van der Waals surface area contributed by atoms with Crippen LogP contribution in [-0.4, -0.2) is 16.7 Å². The van der Waals surface area contributed by atoms with Gasteiger partial charge in [0.05, 0.1) is 13.7 Å². The van der Waals surface area contributed by atoms with Gasteiger partial charge in [-0.1, -0.05) is 57.9 Å². The molecule has 0 saturated carbocycles. The molecular weight excluding hydrogens is 392 g/mol. The molecular formula is C18H14BrClN2O2. The zero-order chi connectivity index (χ0) is 17.1. The molecule has 1 aromatic heterocycles. The van der Waals surface area contributed by atoms with Crippen LogP contribution in [0.2, 0.25) is 5.15 Å². The lowest BCUT2D eigenvalue weighted by atomic mass is 10.1. The van der Waals surface area contributed by atoms with Crippen LogP contribution in [-0.2, 0) is 6.54 Å². The maximum absolute atomic E-state index is 12.8. The van der Waals surface area contributed by atoms with Gasteiger partial charge in [-0.3, -0.25) is 4.79 Å². The molecule has 0 unspecified atom stereocenters. The lowest BCUT2D eigenvalue weighted by Crippen LogP contribution is -2.23. The van der Waals surface area contributed by atoms with E-state index in [9.17, 15) is 4.79 Å². The number of nitrogens with zero attached hydrogens (tertiary/aromatic N) is 2. The van der Waals surface area contributed by atoms with Crippen LogP contribution in [0.15, 0.2) is 64.0 Å². The van der Waals surface area contributed by atoms with Crippen molar-refractivity contribution in [2.45, 2.75) is 6.54 Å². The van der Waals surface area contributed by atoms with Crippen LogP contribution in [0.1, 0.15) is 5.56 Å². The van der Waals surface area contributed by atoms with Crippen LogP contribution in [0.5, 0.6) is 5.75 Å². The second-order valence-electron chi connectivity index (χ2n) is 5.17. The van der Waals surface area contributed by atoms with E-state index in [1.165, 1.54) is 0 Å². The first kappa shape index (κ1) is 16.7. The van der Waals surface area contributed by atoms with E-state index in [1.54, 1.807) is 17.9 Å². The van der Waals surface area contributed by atoms with E-state index in [0.717, 1.165) is 15.8 Å². The number of aromatic nitrogens is 2. The first-order valence-electron chi connectivity index (χ1n) is 7.23. The van der Waals surface area contributed by atoms with E-state index in [4.69, 9.17) is 16.3 Å². The van der Waals surface area contributed by atoms with Crippen molar-refractivity contribution in [1.29, 1.82) is 0 Å². The molecule has 2 aromatic carbocycles. The molecule has 0 saturated heterocycles. The van der Waals surface area contributed by atoms with Gasteiger partial charge in [-0.2, -0.15) is 0 Å². The van der Waals surface area contributed by atoms with E-state index in [1.807, 2.05) is 48.5 Å². The summed E-state index contributed by atoms with van der Waals surface area (Å²) in [5.41, 5.74) is 1.82. The first-order chi connectivity index (χ1) is 11.6. The maximum atomic E-state index is 12.8. The van der Waals surface area contributed by atoms with Gasteiger partial charge in [0.25, 0.3) is 5.56 Å². The van der Waals surface area contributed by atoms with Crippen molar-refractivity contribution < 1.29 is 4.74 Å². The summed E-state index contributed by atoms with van der Waals surface area (Å²) in [7, 11) is 1.62. The SMILES string of the molecule is COc1ccc(Cn2cc(Cl)nc(-c3ccccc3Br)c2=O)cc1. The smallest absolute Gasteiger partial charge is 0.277 e. The van der Waals surface area contributed by atoms with Gasteiger partial charge < -0.3 is 9.30 Å². The molecule has 0 amide bonds. The summed E-state index contributed by atoms with van der Waals surface area (Å²) in [6, 6.07) is 15.0. The van der Waals surface area contributed by atoms with Crippen molar-refractivity contribution in [3.8, 4) is 17.0 Å². The van der Waals surface area contributed by atoms with Crippen molar-refractivity contribution in [3.63, 3.8) is 0 Å². The molecule has 3 aromatic rings. The van der Waals surface area contributed by atoms with Crippen molar-refractivity contribution in [1.82, 2.24) is 9.55 Å². The zero-order valence-corrected chi connectivity index (χ0v) is 15.2. The summed E-state index contributed by atoms with van der Waals surface area (Å²) in [5.74, 6) is 0.771. The van der Waals surface area contributed by atoms with Crippen LogP contribution in [0.4, 0.5) is 0 Å². The number of hydrogen-bond acceptors (Lipinski definition) is 3. The Morgan fingerprint density at radius 3 is 2.54 bits per heavy atom. The summed E-state index contributed by atoms with van der Waals surface area (Å²) in [4.78, 5) is 17.0. The minimum absolute atomic E-state index is 0.192. The molecule has 0 bridgehead atoms. The fraction of sp³-hybridized carbons (Fsp3) is 0.111. The number of ether oxygens (including phenoxy) is 1. The molecule has 0 spiro atoms. The van der Waals surface area contributed by atoms with Crippen LogP contribution >= 0.6 is 27.5 Å². The predicted octanol–water partition coefficient (Wildman–Crippen LogP) is 4.38. The van der Waals surface area contributed by atoms with Crippen molar-refractivity contribution in [2.75, 3.05) is 7.11 Å². The minimum atomic E-state index is -0.192. The van der Waals surface area contributed by atoms with E-state index in [-0.39, 0.29) is 10.7 Å². The highest BCUT2D eigenvalue weighted by Gasteiger charge is 2.13. The van der Waals surface area contributed by atoms with Gasteiger partial charge in [-0.05, 0) is 23.8 Å². The lowest BCUT2D eigenvalue weighted by molar-refractivity contribution is 0.414. The summed E-state index contributed by atoms with van der Waals surface area (Å²) >= 11 is 9.59. The number of halogens is 2. The standard InChI is InChI=1S/C18H14BrClN2O2/c1-24-13-8-6-12(7-9-13)10-22-11-16(20)21-17(18(22)23)14-4-2-3-5-15(14)19/h2-9,11H,10H2,1H3. The highest BCUT2D eigenvalue weighted by molar-refractivity contribution is 9.10. The molecule has 1 heterocycles. The molecule has 0 atom stereocenters. The second kappa shape index (κ2) is 7.20. The van der Waals surface area contributed by atoms with Crippen LogP contribution < -0.4 is 10.3 Å². The number of hydrogen-bond donors (Lipinski definition) is 0. The molecule has 0 fully saturated rings. The van der Waals surface area contributed by atoms with Crippen LogP contribution in [0.3, 0.4) is 0 Å². The lowest BCUT2D eigenvalue weighted by Gasteiger charge is -2.10. The minimum Gasteiger partial charge on any atom is -0.497 e. The van der Waals surface area contributed by atoms with E-state index < -0.39 is 0 Å². The summed E-state index contributed by atoms with van der Waals surface area (Å²) in [5, 5.41) is 0.272. The summed E-state index contributed by atoms with van der Waals surface area (Å²) in [6.07, 6.45) is 1.55. The molecule has 24 heavy (non-hydrogen) atoms. The van der Waals surface area contributed by atoms with Gasteiger partial charge in [0, 0.05) is 16.2 Å². The van der Waals surface area contributed by atoms with Crippen molar-refractivity contribution >= 4 is 27.5 Å². The molecule has 0 N–H and O–H groups in total. The zero-order valence-electron chi connectivity index (χ0n) is 12.9. The summed E-state index contributed by atoms with van der Waals surface area (Å²) < 4.78 is 7.51. The Balaban J connectivity index is 2.03. The van der Waals surface area contributed by atoms with E-state index in [2.05, 4.69) is 20.9 Å². The quantitative estimate of drug-likeness (QED) is 0.647. The topological polar surface area (TPSA) is 44.1 Å². The molecule has 0 radical (unpaired) electrons. The predicted molar refractivity (Wildman–Crippen MR) is 98.7 cm³/mol. The molecule has 3 rings (SSSR count). The van der Waals surface area contributed by atoms with Gasteiger partial charge in [-0.25, -0.2) is 4.98 Å². The van der Waals surface area contributed by atoms with Crippen LogP contribution in [0.25, 0.3) is 11.3 Å². The maximum Gasteiger partial charge on any atom is 0.277 e. The second-order valence-corrected chi connectivity index (χ2v) is 6.41. The highest BCUT2D eigenvalue weighted by atomic mass is 79.9. The molecule has 122 valence electrons. The Hall–Kier alpha value is -2.11. The van der Waals surface area contributed by atoms with Gasteiger partial charge in [-0.15, -0.1) is 0 Å². The molecule has 4 nitrogen and oxygen atoms in total. The third kappa shape index (κ3) is 3.52. The number of benzene rings is 2. The molecule has 0 aliphatic carbocycles. The van der Waals surface area contributed by atoms with Crippen molar-refractivity contribution in [2.24, 2.45) is 0 Å². The van der Waals surface area contributed by atoms with Crippen LogP contribution in [0, 0.1) is 0 Å². The Labute approximate surface area is 152 Å². The Bertz CT molecular complexity index is 923. The monoisotopic (exact) mass is 404 g/mol. The van der Waals surface area contributed by atoms with E-state index in [0.29, 0.717) is 17.8 Å². The fourth-order valence-corrected chi connectivity index (χ4v) is 3.06. The van der Waals surface area contributed by atoms with Crippen molar-refractivity contribution in [3.05, 3.63) is 80.3 Å². The highest BCUT2D eigenvalue weighted by Crippen LogP contribution is 2.25. The third-order valence-electron chi connectivity index (χ3n) is 3.59. The van der Waals surface area contributed by atoms with Gasteiger partial charge in [0.1, 0.15) is 16.6 Å². The molecule has 0 aliphatic heterocycles. The average molecular weight is 406 g/mol. The summed E-state index contributed by atoms with van der Waals surface area (Å²) in [6.45, 7) is 0.405. The first-order valence-corrected chi connectivity index (χ1v) is 8.40. The third-order valence-corrected chi connectivity index (χ3v) is 4.46. The Morgan fingerprint density at radius 2 is 1.88 bits per heavy atom. The van der Waals surface area contributed by atoms with Gasteiger partial charge >= 0.3 is 0 Å². The Morgan fingerprint density at radius 1 is 1.17 bits per heavy atom. The Kier molecular flexibility index (Phi) is 5.02. The normalized spacial score (nSPS) is 10.6. The fourth-order valence-electron chi connectivity index (χ4n) is 2.38. The largest absolute Gasteiger partial charge is 0.497 e. The number of methoxy groups -OCH3 is 1.